The summed E-state index contributed by atoms with van der Waals surface area (Å²) in [7, 11) is 0. The first-order valence-electron chi connectivity index (χ1n) is 10.7. The molecule has 4 rings (SSSR count). The summed E-state index contributed by atoms with van der Waals surface area (Å²) in [6.07, 6.45) is 1.48. The van der Waals surface area contributed by atoms with Crippen molar-refractivity contribution in [2.75, 3.05) is 19.7 Å². The Kier molecular flexibility index (Phi) is 6.45. The van der Waals surface area contributed by atoms with Gasteiger partial charge in [0.05, 0.1) is 40.6 Å². The van der Waals surface area contributed by atoms with Crippen molar-refractivity contribution in [2.24, 2.45) is 5.92 Å². The van der Waals surface area contributed by atoms with Crippen molar-refractivity contribution in [1.29, 1.82) is 0 Å². The monoisotopic (exact) mass is 454 g/mol. The second kappa shape index (κ2) is 9.45. The number of piperidine rings is 1. The largest absolute Gasteiger partial charge is 0.466 e. The number of benzene rings is 2. The molecule has 0 saturated carbocycles. The molecule has 1 aliphatic heterocycles. The van der Waals surface area contributed by atoms with Crippen molar-refractivity contribution in [2.45, 2.75) is 26.3 Å². The average Bonchev–Trinajstić information content (AvgIpc) is 2.80. The summed E-state index contributed by atoms with van der Waals surface area (Å²) >= 11 is 0. The van der Waals surface area contributed by atoms with Crippen LogP contribution in [0.25, 0.3) is 16.6 Å². The predicted octanol–water partition coefficient (Wildman–Crippen LogP) is 3.21. The van der Waals surface area contributed by atoms with E-state index in [1.165, 1.54) is 30.3 Å². The van der Waals surface area contributed by atoms with Crippen molar-refractivity contribution >= 4 is 22.6 Å². The number of likely N-dealkylation sites (tertiary alicyclic amines) is 1. The lowest BCUT2D eigenvalue weighted by atomic mass is 9.98. The van der Waals surface area contributed by atoms with Gasteiger partial charge in [-0.1, -0.05) is 12.1 Å². The van der Waals surface area contributed by atoms with Gasteiger partial charge in [0.1, 0.15) is 11.6 Å². The maximum Gasteiger partial charge on any atom is 0.310 e. The zero-order valence-electron chi connectivity index (χ0n) is 18.1. The van der Waals surface area contributed by atoms with Crippen LogP contribution in [0.2, 0.25) is 0 Å². The number of ether oxygens (including phenoxy) is 1. The summed E-state index contributed by atoms with van der Waals surface area (Å²) in [5.74, 6) is -0.866. The number of nitro groups is 1. The van der Waals surface area contributed by atoms with Gasteiger partial charge in [-0.3, -0.25) is 29.2 Å². The van der Waals surface area contributed by atoms with E-state index < -0.39 is 16.3 Å². The van der Waals surface area contributed by atoms with Crippen LogP contribution in [0.3, 0.4) is 0 Å². The first kappa shape index (κ1) is 22.5. The number of non-ortho nitro benzene ring substituents is 1. The number of nitro benzene ring substituents is 1. The van der Waals surface area contributed by atoms with E-state index in [0.29, 0.717) is 26.1 Å². The van der Waals surface area contributed by atoms with Crippen molar-refractivity contribution < 1.29 is 18.8 Å². The molecule has 3 aromatic rings. The Bertz CT molecular complexity index is 1280. The fourth-order valence-corrected chi connectivity index (χ4v) is 4.17. The highest BCUT2D eigenvalue weighted by atomic mass is 19.1. The van der Waals surface area contributed by atoms with Crippen LogP contribution in [-0.2, 0) is 16.1 Å². The molecule has 1 saturated heterocycles. The first-order chi connectivity index (χ1) is 15.9. The highest BCUT2D eigenvalue weighted by Crippen LogP contribution is 2.23. The van der Waals surface area contributed by atoms with Gasteiger partial charge in [0, 0.05) is 18.7 Å². The summed E-state index contributed by atoms with van der Waals surface area (Å²) in [6.45, 7) is 3.38. The SMILES string of the molecule is CCOC(=O)[C@H]1CCCN(Cc2nc3ccc([N+](=O)[O-])cc3c(=O)n2-c2ccccc2F)C1. The number of hydrogen-bond donors (Lipinski definition) is 0. The van der Waals surface area contributed by atoms with Crippen LogP contribution in [0.15, 0.2) is 47.3 Å². The number of aromatic nitrogens is 2. The molecule has 9 nitrogen and oxygen atoms in total. The third-order valence-electron chi connectivity index (χ3n) is 5.72. The van der Waals surface area contributed by atoms with Gasteiger partial charge in [0.25, 0.3) is 11.2 Å². The smallest absolute Gasteiger partial charge is 0.310 e. The second-order valence-electron chi connectivity index (χ2n) is 7.90. The van der Waals surface area contributed by atoms with Gasteiger partial charge in [0.15, 0.2) is 0 Å². The van der Waals surface area contributed by atoms with E-state index in [1.807, 2.05) is 4.90 Å². The molecule has 1 fully saturated rings. The van der Waals surface area contributed by atoms with Crippen molar-refractivity contribution in [3.63, 3.8) is 0 Å². The summed E-state index contributed by atoms with van der Waals surface area (Å²) in [4.78, 5) is 42.8. The lowest BCUT2D eigenvalue weighted by molar-refractivity contribution is -0.384. The first-order valence-corrected chi connectivity index (χ1v) is 10.7. The third-order valence-corrected chi connectivity index (χ3v) is 5.72. The molecule has 0 spiro atoms. The summed E-state index contributed by atoms with van der Waals surface area (Å²) < 4.78 is 21.0. The predicted molar refractivity (Wildman–Crippen MR) is 119 cm³/mol. The van der Waals surface area contributed by atoms with Crippen LogP contribution in [0.4, 0.5) is 10.1 Å². The molecule has 0 radical (unpaired) electrons. The topological polar surface area (TPSA) is 108 Å². The van der Waals surface area contributed by atoms with Crippen LogP contribution in [0.1, 0.15) is 25.6 Å². The van der Waals surface area contributed by atoms with Gasteiger partial charge in [0.2, 0.25) is 0 Å². The van der Waals surface area contributed by atoms with E-state index in [2.05, 4.69) is 4.98 Å². The molecule has 0 amide bonds. The fourth-order valence-electron chi connectivity index (χ4n) is 4.17. The van der Waals surface area contributed by atoms with E-state index in [9.17, 15) is 24.1 Å². The number of para-hydroxylation sites is 1. The molecule has 0 bridgehead atoms. The number of carbonyl (C=O) groups excluding carboxylic acids is 1. The lowest BCUT2D eigenvalue weighted by Gasteiger charge is -2.31. The van der Waals surface area contributed by atoms with Crippen LogP contribution in [0.5, 0.6) is 0 Å². The summed E-state index contributed by atoms with van der Waals surface area (Å²) in [6, 6.07) is 9.67. The van der Waals surface area contributed by atoms with E-state index in [0.717, 1.165) is 17.1 Å². The molecular formula is C23H23FN4O5. The molecule has 0 N–H and O–H groups in total. The van der Waals surface area contributed by atoms with Crippen LogP contribution in [0, 0.1) is 21.8 Å². The highest BCUT2D eigenvalue weighted by molar-refractivity contribution is 5.80. The minimum atomic E-state index is -0.615. The Hall–Kier alpha value is -3.66. The Morgan fingerprint density at radius 1 is 1.30 bits per heavy atom. The number of halogens is 1. The lowest BCUT2D eigenvalue weighted by Crippen LogP contribution is -2.40. The second-order valence-corrected chi connectivity index (χ2v) is 7.90. The summed E-state index contributed by atoms with van der Waals surface area (Å²) in [5, 5.41) is 11.2. The maximum atomic E-state index is 14.7. The highest BCUT2D eigenvalue weighted by Gasteiger charge is 2.28. The molecule has 1 aromatic heterocycles. The molecule has 1 aliphatic rings. The fraction of sp³-hybridized carbons (Fsp3) is 0.348. The number of esters is 1. The zero-order valence-corrected chi connectivity index (χ0v) is 18.1. The molecule has 2 heterocycles. The Morgan fingerprint density at radius 2 is 2.09 bits per heavy atom. The Labute approximate surface area is 188 Å². The van der Waals surface area contributed by atoms with E-state index in [4.69, 9.17) is 4.74 Å². The van der Waals surface area contributed by atoms with Crippen LogP contribution in [-0.4, -0.2) is 45.0 Å². The molecule has 10 heteroatoms. The number of fused-ring (bicyclic) bond motifs is 1. The van der Waals surface area contributed by atoms with Gasteiger partial charge < -0.3 is 4.74 Å². The van der Waals surface area contributed by atoms with Gasteiger partial charge in [-0.2, -0.15) is 0 Å². The minimum Gasteiger partial charge on any atom is -0.466 e. The molecule has 0 aliphatic carbocycles. The number of hydrogen-bond acceptors (Lipinski definition) is 7. The van der Waals surface area contributed by atoms with E-state index in [1.54, 1.807) is 13.0 Å². The quantitative estimate of drug-likeness (QED) is 0.320. The van der Waals surface area contributed by atoms with Crippen LogP contribution < -0.4 is 5.56 Å². The van der Waals surface area contributed by atoms with E-state index >= 15 is 0 Å². The maximum absolute atomic E-state index is 14.7. The normalized spacial score (nSPS) is 16.6. The number of carbonyl (C=O) groups is 1. The minimum absolute atomic E-state index is 0.0114. The Morgan fingerprint density at radius 3 is 2.82 bits per heavy atom. The van der Waals surface area contributed by atoms with Gasteiger partial charge in [-0.15, -0.1) is 0 Å². The summed E-state index contributed by atoms with van der Waals surface area (Å²) in [5.41, 5.74) is -0.546. The molecule has 172 valence electrons. The number of nitrogens with zero attached hydrogens (tertiary/aromatic N) is 4. The van der Waals surface area contributed by atoms with Gasteiger partial charge in [-0.25, -0.2) is 9.37 Å². The molecule has 0 unspecified atom stereocenters. The Balaban J connectivity index is 1.80. The third kappa shape index (κ3) is 4.61. The van der Waals surface area contributed by atoms with Gasteiger partial charge in [-0.05, 0) is 44.5 Å². The van der Waals surface area contributed by atoms with Crippen molar-refractivity contribution in [3.05, 3.63) is 74.6 Å². The van der Waals surface area contributed by atoms with E-state index in [-0.39, 0.29) is 46.5 Å². The molecule has 1 atom stereocenters. The van der Waals surface area contributed by atoms with Crippen molar-refractivity contribution in [1.82, 2.24) is 14.5 Å². The van der Waals surface area contributed by atoms with Gasteiger partial charge >= 0.3 is 5.97 Å². The molecule has 33 heavy (non-hydrogen) atoms. The zero-order chi connectivity index (χ0) is 23.5. The average molecular weight is 454 g/mol. The number of rotatable bonds is 6. The molecule has 2 aromatic carbocycles. The van der Waals surface area contributed by atoms with Crippen molar-refractivity contribution in [3.8, 4) is 5.69 Å². The van der Waals surface area contributed by atoms with Crippen LogP contribution >= 0.6 is 0 Å². The standard InChI is InChI=1S/C23H23FN4O5/c1-2-33-23(30)15-6-5-11-26(13-15)14-21-25-19-10-9-16(28(31)32)12-17(19)22(29)27(21)20-8-4-3-7-18(20)24/h3-4,7-10,12,15H,2,5-6,11,13-14H2,1H3/t15-/m0/s1. The molecular weight excluding hydrogens is 431 g/mol.